The zero-order chi connectivity index (χ0) is 10.3. The van der Waals surface area contributed by atoms with Gasteiger partial charge in [0.1, 0.15) is 0 Å². The molecule has 0 aliphatic heterocycles. The number of hydrogen-bond acceptors (Lipinski definition) is 5. The van der Waals surface area contributed by atoms with Gasteiger partial charge < -0.3 is 15.2 Å². The molecule has 0 amide bonds. The van der Waals surface area contributed by atoms with Crippen molar-refractivity contribution in [2.45, 2.75) is 6.92 Å². The second-order valence-corrected chi connectivity index (χ2v) is 3.43. The summed E-state index contributed by atoms with van der Waals surface area (Å²) in [5.41, 5.74) is 7.20. The first kappa shape index (κ1) is 8.80. The van der Waals surface area contributed by atoms with E-state index in [-0.39, 0.29) is 0 Å². The van der Waals surface area contributed by atoms with Gasteiger partial charge in [0.05, 0.1) is 5.39 Å². The normalized spacial score (nSPS) is 10.8. The van der Waals surface area contributed by atoms with E-state index in [1.54, 1.807) is 0 Å². The highest BCUT2D eigenvalue weighted by atomic mass is 16.5. The van der Waals surface area contributed by atoms with Gasteiger partial charge in [0.25, 0.3) is 0 Å². The second-order valence-electron chi connectivity index (χ2n) is 3.43. The number of nitrogens with zero attached hydrogens (tertiary/aromatic N) is 3. The van der Waals surface area contributed by atoms with Crippen LogP contribution in [0.15, 0.2) is 10.6 Å². The summed E-state index contributed by atoms with van der Waals surface area (Å²) in [7, 11) is 3.81. The molecule has 0 aromatic carbocycles. The van der Waals surface area contributed by atoms with E-state index in [1.165, 1.54) is 0 Å². The number of rotatable bonds is 1. The summed E-state index contributed by atoms with van der Waals surface area (Å²) in [4.78, 5) is 6.23. The van der Waals surface area contributed by atoms with Gasteiger partial charge in [0.15, 0.2) is 11.6 Å². The Balaban J connectivity index is 2.82. The summed E-state index contributed by atoms with van der Waals surface area (Å²) in [6, 6.07) is 1.87. The van der Waals surface area contributed by atoms with Crippen molar-refractivity contribution in [3.8, 4) is 0 Å². The molecule has 5 heteroatoms. The Morgan fingerprint density at radius 3 is 2.79 bits per heavy atom. The van der Waals surface area contributed by atoms with E-state index in [4.69, 9.17) is 10.3 Å². The van der Waals surface area contributed by atoms with E-state index in [0.29, 0.717) is 11.4 Å². The van der Waals surface area contributed by atoms with E-state index in [0.717, 1.165) is 16.9 Å². The highest BCUT2D eigenvalue weighted by Gasteiger charge is 2.13. The summed E-state index contributed by atoms with van der Waals surface area (Å²) in [6.45, 7) is 1.92. The fourth-order valence-corrected chi connectivity index (χ4v) is 1.37. The molecule has 74 valence electrons. The lowest BCUT2D eigenvalue weighted by atomic mass is 10.2. The van der Waals surface area contributed by atoms with Crippen LogP contribution in [-0.4, -0.2) is 24.2 Å². The molecule has 0 aliphatic rings. The number of nitrogen functional groups attached to an aromatic ring is 1. The standard InChI is InChI=1S/C9H12N4O/c1-5-4-6-7(14-12-8(6)10)9(11-5)13(2)3/h4H,1-3H3,(H2,10,12). The summed E-state index contributed by atoms with van der Waals surface area (Å²) >= 11 is 0. The van der Waals surface area contributed by atoms with Gasteiger partial charge in [-0.3, -0.25) is 0 Å². The monoisotopic (exact) mass is 192 g/mol. The Kier molecular flexibility index (Phi) is 1.80. The number of anilines is 2. The second kappa shape index (κ2) is 2.87. The molecular formula is C9H12N4O. The molecule has 14 heavy (non-hydrogen) atoms. The SMILES string of the molecule is Cc1cc2c(N)noc2c(N(C)C)n1. The minimum absolute atomic E-state index is 0.411. The number of pyridine rings is 1. The lowest BCUT2D eigenvalue weighted by molar-refractivity contribution is 0.460. The average molecular weight is 192 g/mol. The molecular weight excluding hydrogens is 180 g/mol. The van der Waals surface area contributed by atoms with Crippen LogP contribution in [0.5, 0.6) is 0 Å². The molecule has 0 radical (unpaired) electrons. The summed E-state index contributed by atoms with van der Waals surface area (Å²) in [5.74, 6) is 1.16. The zero-order valence-corrected chi connectivity index (χ0v) is 8.40. The lowest BCUT2D eigenvalue weighted by Gasteiger charge is -2.11. The number of nitrogens with two attached hydrogens (primary N) is 1. The van der Waals surface area contributed by atoms with Crippen molar-refractivity contribution >= 4 is 22.6 Å². The van der Waals surface area contributed by atoms with Crippen LogP contribution in [0, 0.1) is 6.92 Å². The molecule has 0 spiro atoms. The molecule has 2 aromatic rings. The molecule has 0 saturated carbocycles. The molecule has 0 fully saturated rings. The van der Waals surface area contributed by atoms with Gasteiger partial charge in [0.2, 0.25) is 5.58 Å². The van der Waals surface area contributed by atoms with Gasteiger partial charge in [-0.25, -0.2) is 4.98 Å². The lowest BCUT2D eigenvalue weighted by Crippen LogP contribution is -2.11. The molecule has 0 saturated heterocycles. The fourth-order valence-electron chi connectivity index (χ4n) is 1.37. The predicted octanol–water partition coefficient (Wildman–Crippen LogP) is 1.18. The topological polar surface area (TPSA) is 68.2 Å². The Morgan fingerprint density at radius 1 is 1.43 bits per heavy atom. The predicted molar refractivity (Wildman–Crippen MR) is 55.3 cm³/mol. The van der Waals surface area contributed by atoms with Crippen LogP contribution < -0.4 is 10.6 Å². The quantitative estimate of drug-likeness (QED) is 0.734. The highest BCUT2D eigenvalue weighted by molar-refractivity contribution is 5.94. The van der Waals surface area contributed by atoms with Crippen molar-refractivity contribution in [1.82, 2.24) is 10.1 Å². The summed E-state index contributed by atoms with van der Waals surface area (Å²) in [5, 5.41) is 4.54. The van der Waals surface area contributed by atoms with Crippen molar-refractivity contribution in [3.05, 3.63) is 11.8 Å². The first-order valence-corrected chi connectivity index (χ1v) is 4.29. The number of aromatic nitrogens is 2. The van der Waals surface area contributed by atoms with Crippen molar-refractivity contribution in [3.63, 3.8) is 0 Å². The van der Waals surface area contributed by atoms with Crippen LogP contribution in [0.4, 0.5) is 11.6 Å². The van der Waals surface area contributed by atoms with Crippen LogP contribution in [0.2, 0.25) is 0 Å². The minimum atomic E-state index is 0.411. The Bertz CT molecular complexity index is 475. The smallest absolute Gasteiger partial charge is 0.211 e. The van der Waals surface area contributed by atoms with Gasteiger partial charge in [-0.1, -0.05) is 5.16 Å². The van der Waals surface area contributed by atoms with Crippen LogP contribution >= 0.6 is 0 Å². The summed E-state index contributed by atoms with van der Waals surface area (Å²) in [6.07, 6.45) is 0. The Hall–Kier alpha value is -1.78. The maximum Gasteiger partial charge on any atom is 0.211 e. The average Bonchev–Trinajstić information content (AvgIpc) is 2.47. The molecule has 0 aliphatic carbocycles. The number of aryl methyl sites for hydroxylation is 1. The van der Waals surface area contributed by atoms with Crippen LogP contribution in [0.3, 0.4) is 0 Å². The molecule has 0 unspecified atom stereocenters. The molecule has 0 atom stereocenters. The number of fused-ring (bicyclic) bond motifs is 1. The van der Waals surface area contributed by atoms with Crippen molar-refractivity contribution in [2.75, 3.05) is 24.7 Å². The van der Waals surface area contributed by atoms with Crippen molar-refractivity contribution in [1.29, 1.82) is 0 Å². The van der Waals surface area contributed by atoms with Gasteiger partial charge in [-0.15, -0.1) is 0 Å². The maximum absolute atomic E-state index is 5.66. The number of hydrogen-bond donors (Lipinski definition) is 1. The van der Waals surface area contributed by atoms with E-state index >= 15 is 0 Å². The summed E-state index contributed by atoms with van der Waals surface area (Å²) < 4.78 is 5.12. The van der Waals surface area contributed by atoms with Crippen LogP contribution in [0.25, 0.3) is 11.0 Å². The Labute approximate surface area is 81.5 Å². The third kappa shape index (κ3) is 1.17. The van der Waals surface area contributed by atoms with Gasteiger partial charge in [-0.2, -0.15) is 0 Å². The molecule has 5 nitrogen and oxygen atoms in total. The largest absolute Gasteiger partial charge is 0.380 e. The van der Waals surface area contributed by atoms with Crippen LogP contribution in [0.1, 0.15) is 5.69 Å². The van der Waals surface area contributed by atoms with Crippen molar-refractivity contribution < 1.29 is 4.52 Å². The van der Waals surface area contributed by atoms with E-state index in [9.17, 15) is 0 Å². The molecule has 0 bridgehead atoms. The van der Waals surface area contributed by atoms with Gasteiger partial charge in [0, 0.05) is 19.8 Å². The highest BCUT2D eigenvalue weighted by Crippen LogP contribution is 2.27. The third-order valence-corrected chi connectivity index (χ3v) is 2.02. The fraction of sp³-hybridized carbons (Fsp3) is 0.333. The molecule has 2 heterocycles. The van der Waals surface area contributed by atoms with Gasteiger partial charge >= 0.3 is 0 Å². The minimum Gasteiger partial charge on any atom is -0.380 e. The first-order valence-electron chi connectivity index (χ1n) is 4.29. The van der Waals surface area contributed by atoms with Crippen molar-refractivity contribution in [2.24, 2.45) is 0 Å². The van der Waals surface area contributed by atoms with Gasteiger partial charge in [-0.05, 0) is 13.0 Å². The third-order valence-electron chi connectivity index (χ3n) is 2.02. The van der Waals surface area contributed by atoms with E-state index < -0.39 is 0 Å². The zero-order valence-electron chi connectivity index (χ0n) is 8.40. The van der Waals surface area contributed by atoms with Crippen LogP contribution in [-0.2, 0) is 0 Å². The Morgan fingerprint density at radius 2 is 2.14 bits per heavy atom. The molecule has 2 rings (SSSR count). The molecule has 2 aromatic heterocycles. The van der Waals surface area contributed by atoms with E-state index in [1.807, 2.05) is 32.0 Å². The maximum atomic E-state index is 5.66. The molecule has 2 N–H and O–H groups in total. The first-order chi connectivity index (χ1) is 6.59. The van der Waals surface area contributed by atoms with E-state index in [2.05, 4.69) is 10.1 Å².